The summed E-state index contributed by atoms with van der Waals surface area (Å²) in [6.45, 7) is 6.36. The second kappa shape index (κ2) is 8.54. The zero-order valence-electron chi connectivity index (χ0n) is 11.0. The summed E-state index contributed by atoms with van der Waals surface area (Å²) in [6.07, 6.45) is 3.42. The van der Waals surface area contributed by atoms with Crippen LogP contribution in [0.15, 0.2) is 30.3 Å². The fraction of sp³-hybridized carbons (Fsp3) is 0.600. The number of halogens is 1. The Kier molecular flexibility index (Phi) is 7.30. The molecule has 2 heteroatoms. The van der Waals surface area contributed by atoms with Crippen molar-refractivity contribution in [1.82, 2.24) is 5.32 Å². The topological polar surface area (TPSA) is 12.0 Å². The Morgan fingerprint density at radius 3 is 2.35 bits per heavy atom. The average molecular weight is 254 g/mol. The number of alkyl halides is 1. The maximum absolute atomic E-state index is 6.37. The molecular weight excluding hydrogens is 230 g/mol. The molecule has 0 aliphatic carbocycles. The Morgan fingerprint density at radius 1 is 1.12 bits per heavy atom. The van der Waals surface area contributed by atoms with Gasteiger partial charge in [-0.15, -0.1) is 11.6 Å². The molecular formula is C15H24ClN. The number of hydrogen-bond acceptors (Lipinski definition) is 1. The van der Waals surface area contributed by atoms with Crippen molar-refractivity contribution < 1.29 is 0 Å². The van der Waals surface area contributed by atoms with Gasteiger partial charge in [-0.1, -0.05) is 57.0 Å². The molecule has 0 saturated carbocycles. The summed E-state index contributed by atoms with van der Waals surface area (Å²) in [6, 6.07) is 10.6. The van der Waals surface area contributed by atoms with Crippen LogP contribution in [0.2, 0.25) is 0 Å². The minimum atomic E-state index is 0.265. The van der Waals surface area contributed by atoms with Gasteiger partial charge in [-0.3, -0.25) is 0 Å². The van der Waals surface area contributed by atoms with Crippen molar-refractivity contribution in [1.29, 1.82) is 0 Å². The molecule has 1 rings (SSSR count). The summed E-state index contributed by atoms with van der Waals surface area (Å²) < 4.78 is 0. The van der Waals surface area contributed by atoms with Crippen LogP contribution in [0.5, 0.6) is 0 Å². The van der Waals surface area contributed by atoms with E-state index in [1.165, 1.54) is 18.4 Å². The molecule has 0 spiro atoms. The van der Waals surface area contributed by atoms with E-state index in [-0.39, 0.29) is 5.38 Å². The lowest BCUT2D eigenvalue weighted by Crippen LogP contribution is -2.30. The molecule has 1 unspecified atom stereocenters. The highest BCUT2D eigenvalue weighted by atomic mass is 35.5. The largest absolute Gasteiger partial charge is 0.315 e. The monoisotopic (exact) mass is 253 g/mol. The molecule has 0 aromatic heterocycles. The molecule has 1 N–H and O–H groups in total. The summed E-state index contributed by atoms with van der Waals surface area (Å²) in [7, 11) is 0. The number of nitrogens with one attached hydrogen (secondary N) is 1. The van der Waals surface area contributed by atoms with Gasteiger partial charge in [-0.05, 0) is 24.4 Å². The Labute approximate surface area is 111 Å². The van der Waals surface area contributed by atoms with Crippen LogP contribution in [0, 0.1) is 5.92 Å². The van der Waals surface area contributed by atoms with Gasteiger partial charge in [0.2, 0.25) is 0 Å². The maximum Gasteiger partial charge on any atom is 0.0488 e. The van der Waals surface area contributed by atoms with Crippen LogP contribution in [0.3, 0.4) is 0 Å². The van der Waals surface area contributed by atoms with Gasteiger partial charge in [-0.2, -0.15) is 0 Å². The molecule has 0 radical (unpaired) electrons. The van der Waals surface area contributed by atoms with E-state index in [0.717, 1.165) is 19.5 Å². The fourth-order valence-electron chi connectivity index (χ4n) is 2.08. The van der Waals surface area contributed by atoms with Crippen LogP contribution in [-0.4, -0.2) is 18.5 Å². The van der Waals surface area contributed by atoms with E-state index >= 15 is 0 Å². The molecule has 96 valence electrons. The molecule has 0 aliphatic heterocycles. The van der Waals surface area contributed by atoms with Crippen LogP contribution in [0.4, 0.5) is 0 Å². The average Bonchev–Trinajstić information content (AvgIpc) is 2.37. The van der Waals surface area contributed by atoms with E-state index in [9.17, 15) is 0 Å². The van der Waals surface area contributed by atoms with E-state index in [1.807, 2.05) is 0 Å². The van der Waals surface area contributed by atoms with Crippen LogP contribution < -0.4 is 5.32 Å². The van der Waals surface area contributed by atoms with Crippen molar-refractivity contribution in [3.8, 4) is 0 Å². The van der Waals surface area contributed by atoms with E-state index in [1.54, 1.807) is 0 Å². The molecule has 0 saturated heterocycles. The lowest BCUT2D eigenvalue weighted by molar-refractivity contribution is 0.447. The molecule has 0 fully saturated rings. The zero-order valence-corrected chi connectivity index (χ0v) is 11.7. The van der Waals surface area contributed by atoms with Gasteiger partial charge in [0.25, 0.3) is 0 Å². The minimum absolute atomic E-state index is 0.265. The van der Waals surface area contributed by atoms with Gasteiger partial charge in [0.1, 0.15) is 0 Å². The van der Waals surface area contributed by atoms with Gasteiger partial charge in [-0.25, -0.2) is 0 Å². The van der Waals surface area contributed by atoms with Crippen LogP contribution in [-0.2, 0) is 6.42 Å². The van der Waals surface area contributed by atoms with Crippen molar-refractivity contribution in [3.05, 3.63) is 35.9 Å². The Balaban J connectivity index is 2.16. The minimum Gasteiger partial charge on any atom is -0.315 e. The first-order valence-electron chi connectivity index (χ1n) is 6.66. The second-order valence-electron chi connectivity index (χ2n) is 4.53. The van der Waals surface area contributed by atoms with E-state index in [2.05, 4.69) is 49.5 Å². The molecule has 0 amide bonds. The quantitative estimate of drug-likeness (QED) is 0.548. The first kappa shape index (κ1) is 14.5. The number of hydrogen-bond donors (Lipinski definition) is 1. The van der Waals surface area contributed by atoms with Gasteiger partial charge >= 0.3 is 0 Å². The van der Waals surface area contributed by atoms with Gasteiger partial charge < -0.3 is 5.32 Å². The highest BCUT2D eigenvalue weighted by Crippen LogP contribution is 2.17. The third kappa shape index (κ3) is 5.56. The Hall–Kier alpha value is -0.530. The fourth-order valence-corrected chi connectivity index (χ4v) is 2.55. The van der Waals surface area contributed by atoms with Gasteiger partial charge in [0.05, 0.1) is 0 Å². The van der Waals surface area contributed by atoms with Crippen LogP contribution >= 0.6 is 11.6 Å². The molecule has 1 atom stereocenters. The molecule has 1 aromatic rings. The predicted molar refractivity (Wildman–Crippen MR) is 76.7 cm³/mol. The van der Waals surface area contributed by atoms with E-state index in [4.69, 9.17) is 11.6 Å². The summed E-state index contributed by atoms with van der Waals surface area (Å²) in [5, 5.41) is 3.72. The smallest absolute Gasteiger partial charge is 0.0488 e. The lowest BCUT2D eigenvalue weighted by atomic mass is 9.99. The van der Waals surface area contributed by atoms with Crippen molar-refractivity contribution in [3.63, 3.8) is 0 Å². The Morgan fingerprint density at radius 2 is 1.76 bits per heavy atom. The molecule has 1 aromatic carbocycles. The molecule has 1 nitrogen and oxygen atoms in total. The highest BCUT2D eigenvalue weighted by molar-refractivity contribution is 6.21. The second-order valence-corrected chi connectivity index (χ2v) is 5.09. The van der Waals surface area contributed by atoms with Gasteiger partial charge in [0, 0.05) is 11.9 Å². The zero-order chi connectivity index (χ0) is 12.5. The highest BCUT2D eigenvalue weighted by Gasteiger charge is 2.14. The van der Waals surface area contributed by atoms with Crippen LogP contribution in [0.1, 0.15) is 32.3 Å². The third-order valence-corrected chi connectivity index (χ3v) is 3.84. The molecule has 0 aliphatic rings. The van der Waals surface area contributed by atoms with Gasteiger partial charge in [0.15, 0.2) is 0 Å². The van der Waals surface area contributed by atoms with Crippen molar-refractivity contribution in [2.24, 2.45) is 5.92 Å². The van der Waals surface area contributed by atoms with Crippen molar-refractivity contribution in [2.45, 2.75) is 38.5 Å². The summed E-state index contributed by atoms with van der Waals surface area (Å²) >= 11 is 6.37. The summed E-state index contributed by atoms with van der Waals surface area (Å²) in [5.74, 6) is 0.640. The molecule has 0 heterocycles. The van der Waals surface area contributed by atoms with E-state index < -0.39 is 0 Å². The standard InChI is InChI=1S/C15H24ClN/c1-3-14(4-2)15(16)12-17-11-10-13-8-6-5-7-9-13/h5-9,14-15,17H,3-4,10-12H2,1-2H3. The maximum atomic E-state index is 6.37. The molecule has 17 heavy (non-hydrogen) atoms. The lowest BCUT2D eigenvalue weighted by Gasteiger charge is -2.19. The normalized spacial score (nSPS) is 12.9. The van der Waals surface area contributed by atoms with Crippen molar-refractivity contribution in [2.75, 3.05) is 13.1 Å². The third-order valence-electron chi connectivity index (χ3n) is 3.33. The van der Waals surface area contributed by atoms with Crippen LogP contribution in [0.25, 0.3) is 0 Å². The first-order valence-corrected chi connectivity index (χ1v) is 7.10. The number of rotatable bonds is 8. The number of benzene rings is 1. The summed E-state index contributed by atoms with van der Waals surface area (Å²) in [4.78, 5) is 0. The first-order chi connectivity index (χ1) is 8.27. The van der Waals surface area contributed by atoms with E-state index in [0.29, 0.717) is 5.92 Å². The summed E-state index contributed by atoms with van der Waals surface area (Å²) in [5.41, 5.74) is 1.38. The molecule has 0 bridgehead atoms. The Bertz CT molecular complexity index is 282. The predicted octanol–water partition coefficient (Wildman–Crippen LogP) is 3.86. The SMILES string of the molecule is CCC(CC)C(Cl)CNCCc1ccccc1. The van der Waals surface area contributed by atoms with Crippen molar-refractivity contribution >= 4 is 11.6 Å².